The first-order valence-electron chi connectivity index (χ1n) is 4.79. The molecule has 0 spiro atoms. The molecule has 0 radical (unpaired) electrons. The van der Waals surface area contributed by atoms with E-state index in [1.165, 1.54) is 0 Å². The number of aliphatic carboxylic acids is 1. The molecule has 1 rings (SSSR count). The molecule has 0 saturated carbocycles. The Hall–Kier alpha value is -1.61. The number of halogens is 1. The molecule has 0 aliphatic rings. The van der Waals surface area contributed by atoms with Gasteiger partial charge in [0.1, 0.15) is 5.57 Å². The second-order valence-corrected chi connectivity index (χ2v) is 3.50. The number of benzene rings is 1. The monoisotopic (exact) mass is 238 g/mol. The molecule has 0 unspecified atom stereocenters. The summed E-state index contributed by atoms with van der Waals surface area (Å²) in [6, 6.07) is 8.88. The highest BCUT2D eigenvalue weighted by Crippen LogP contribution is 2.23. The molecule has 0 atom stereocenters. The van der Waals surface area contributed by atoms with Crippen molar-refractivity contribution in [1.29, 1.82) is 0 Å². The third kappa shape index (κ3) is 2.70. The zero-order chi connectivity index (χ0) is 12.1. The van der Waals surface area contributed by atoms with Gasteiger partial charge in [0.25, 0.3) is 5.24 Å². The summed E-state index contributed by atoms with van der Waals surface area (Å²) in [7, 11) is 0. The van der Waals surface area contributed by atoms with Crippen molar-refractivity contribution in [3.63, 3.8) is 0 Å². The van der Waals surface area contributed by atoms with Crippen molar-refractivity contribution in [2.75, 3.05) is 0 Å². The highest BCUT2D eigenvalue weighted by Gasteiger charge is 2.20. The van der Waals surface area contributed by atoms with Crippen LogP contribution in [0.3, 0.4) is 0 Å². The Bertz CT molecular complexity index is 419. The largest absolute Gasteiger partial charge is 0.478 e. The van der Waals surface area contributed by atoms with Crippen LogP contribution >= 0.6 is 11.6 Å². The van der Waals surface area contributed by atoms with Crippen LogP contribution in [-0.2, 0) is 9.59 Å². The SMILES string of the molecule is CCC(=C(C(=O)O)C(=O)Cl)c1ccccc1. The molecule has 0 aromatic heterocycles. The van der Waals surface area contributed by atoms with Gasteiger partial charge in [0.2, 0.25) is 0 Å². The Kier molecular flexibility index (Phi) is 4.26. The molecule has 3 nitrogen and oxygen atoms in total. The van der Waals surface area contributed by atoms with Crippen LogP contribution in [0.25, 0.3) is 5.57 Å². The molecule has 0 aliphatic carbocycles. The van der Waals surface area contributed by atoms with Gasteiger partial charge < -0.3 is 5.11 Å². The Labute approximate surface area is 98.4 Å². The van der Waals surface area contributed by atoms with E-state index in [9.17, 15) is 9.59 Å². The Morgan fingerprint density at radius 3 is 2.19 bits per heavy atom. The minimum atomic E-state index is -1.29. The van der Waals surface area contributed by atoms with Gasteiger partial charge in [-0.15, -0.1) is 0 Å². The number of carbonyl (C=O) groups is 2. The molecule has 1 aromatic carbocycles. The molecule has 1 N–H and O–H groups in total. The number of hydrogen-bond acceptors (Lipinski definition) is 2. The van der Waals surface area contributed by atoms with Gasteiger partial charge in [-0.3, -0.25) is 4.79 Å². The van der Waals surface area contributed by atoms with E-state index in [-0.39, 0.29) is 5.57 Å². The summed E-state index contributed by atoms with van der Waals surface area (Å²) in [6.07, 6.45) is 0.435. The maximum Gasteiger partial charge on any atom is 0.340 e. The first-order valence-corrected chi connectivity index (χ1v) is 5.17. The zero-order valence-corrected chi connectivity index (χ0v) is 9.49. The second-order valence-electron chi connectivity index (χ2n) is 3.15. The van der Waals surface area contributed by atoms with Crippen LogP contribution in [0, 0.1) is 0 Å². The molecule has 0 bridgehead atoms. The molecular formula is C12H11ClO3. The Morgan fingerprint density at radius 1 is 1.25 bits per heavy atom. The Morgan fingerprint density at radius 2 is 1.81 bits per heavy atom. The van der Waals surface area contributed by atoms with Crippen LogP contribution in [0.5, 0.6) is 0 Å². The van der Waals surface area contributed by atoms with Crippen LogP contribution in [0.1, 0.15) is 18.9 Å². The van der Waals surface area contributed by atoms with Crippen LogP contribution in [0.15, 0.2) is 35.9 Å². The van der Waals surface area contributed by atoms with Crippen molar-refractivity contribution in [1.82, 2.24) is 0 Å². The van der Waals surface area contributed by atoms with Crippen molar-refractivity contribution in [3.8, 4) is 0 Å². The lowest BCUT2D eigenvalue weighted by atomic mass is 9.98. The van der Waals surface area contributed by atoms with Gasteiger partial charge in [-0.25, -0.2) is 4.79 Å². The number of hydrogen-bond donors (Lipinski definition) is 1. The predicted octanol–water partition coefficient (Wildman–Crippen LogP) is 2.70. The van der Waals surface area contributed by atoms with E-state index in [0.29, 0.717) is 17.6 Å². The zero-order valence-electron chi connectivity index (χ0n) is 8.74. The lowest BCUT2D eigenvalue weighted by molar-refractivity contribution is -0.133. The molecule has 0 heterocycles. The molecular weight excluding hydrogens is 228 g/mol. The van der Waals surface area contributed by atoms with Crippen LogP contribution in [0.4, 0.5) is 0 Å². The summed E-state index contributed by atoms with van der Waals surface area (Å²) in [6.45, 7) is 1.78. The number of carboxylic acids is 1. The molecule has 0 amide bonds. The van der Waals surface area contributed by atoms with Gasteiger partial charge in [-0.05, 0) is 29.2 Å². The minimum Gasteiger partial charge on any atom is -0.478 e. The third-order valence-corrected chi connectivity index (χ3v) is 2.38. The number of carboxylic acid groups (broad SMARTS) is 1. The van der Waals surface area contributed by atoms with Gasteiger partial charge in [0.05, 0.1) is 0 Å². The Balaban J connectivity index is 3.38. The fourth-order valence-corrected chi connectivity index (χ4v) is 1.69. The molecule has 0 saturated heterocycles. The lowest BCUT2D eigenvalue weighted by Gasteiger charge is -2.07. The standard InChI is InChI=1S/C12H11ClO3/c1-2-9(8-6-4-3-5-7-8)10(11(13)14)12(15)16/h3-7H,2H2,1H3,(H,15,16). The van der Waals surface area contributed by atoms with Crippen molar-refractivity contribution in [3.05, 3.63) is 41.5 Å². The molecule has 0 fully saturated rings. The quantitative estimate of drug-likeness (QED) is 0.380. The topological polar surface area (TPSA) is 54.4 Å². The van der Waals surface area contributed by atoms with Gasteiger partial charge in [0.15, 0.2) is 0 Å². The summed E-state index contributed by atoms with van der Waals surface area (Å²) in [5.74, 6) is -1.29. The summed E-state index contributed by atoms with van der Waals surface area (Å²) < 4.78 is 0. The average molecular weight is 239 g/mol. The summed E-state index contributed by atoms with van der Waals surface area (Å²) in [4.78, 5) is 22.0. The lowest BCUT2D eigenvalue weighted by Crippen LogP contribution is -2.10. The molecule has 0 aliphatic heterocycles. The molecule has 4 heteroatoms. The smallest absolute Gasteiger partial charge is 0.340 e. The first-order chi connectivity index (χ1) is 7.57. The van der Waals surface area contributed by atoms with Gasteiger partial charge in [0, 0.05) is 0 Å². The number of rotatable bonds is 4. The van der Waals surface area contributed by atoms with E-state index < -0.39 is 11.2 Å². The van der Waals surface area contributed by atoms with E-state index in [1.807, 2.05) is 6.07 Å². The van der Waals surface area contributed by atoms with Crippen molar-refractivity contribution in [2.45, 2.75) is 13.3 Å². The predicted molar refractivity (Wildman–Crippen MR) is 62.1 cm³/mol. The minimum absolute atomic E-state index is 0.352. The third-order valence-electron chi connectivity index (χ3n) is 2.19. The first kappa shape index (κ1) is 12.5. The average Bonchev–Trinajstić information content (AvgIpc) is 2.25. The van der Waals surface area contributed by atoms with E-state index in [0.717, 1.165) is 0 Å². The van der Waals surface area contributed by atoms with Crippen molar-refractivity contribution in [2.24, 2.45) is 0 Å². The molecule has 1 aromatic rings. The van der Waals surface area contributed by atoms with Crippen molar-refractivity contribution >= 4 is 28.4 Å². The fourth-order valence-electron chi connectivity index (χ4n) is 1.50. The van der Waals surface area contributed by atoms with Crippen LogP contribution in [0.2, 0.25) is 0 Å². The summed E-state index contributed by atoms with van der Waals surface area (Å²) in [5, 5.41) is 8.01. The van der Waals surface area contributed by atoms with Crippen LogP contribution < -0.4 is 0 Å². The van der Waals surface area contributed by atoms with Gasteiger partial charge in [-0.2, -0.15) is 0 Å². The van der Waals surface area contributed by atoms with E-state index in [2.05, 4.69) is 0 Å². The van der Waals surface area contributed by atoms with Crippen molar-refractivity contribution < 1.29 is 14.7 Å². The maximum absolute atomic E-state index is 11.1. The van der Waals surface area contributed by atoms with Gasteiger partial charge in [-0.1, -0.05) is 37.3 Å². The summed E-state index contributed by atoms with van der Waals surface area (Å²) in [5.41, 5.74) is 0.805. The molecule has 84 valence electrons. The number of allylic oxidation sites excluding steroid dienone is 1. The highest BCUT2D eigenvalue weighted by atomic mass is 35.5. The van der Waals surface area contributed by atoms with E-state index in [4.69, 9.17) is 16.7 Å². The van der Waals surface area contributed by atoms with Crippen LogP contribution in [-0.4, -0.2) is 16.3 Å². The maximum atomic E-state index is 11.1. The normalized spacial score (nSPS) is 11.9. The second kappa shape index (κ2) is 5.47. The molecule has 16 heavy (non-hydrogen) atoms. The summed E-state index contributed by atoms with van der Waals surface area (Å²) >= 11 is 5.28. The number of carbonyl (C=O) groups excluding carboxylic acids is 1. The fraction of sp³-hybridized carbons (Fsp3) is 0.167. The highest BCUT2D eigenvalue weighted by molar-refractivity contribution is 6.71. The van der Waals surface area contributed by atoms with E-state index >= 15 is 0 Å². The van der Waals surface area contributed by atoms with Gasteiger partial charge >= 0.3 is 5.97 Å². The van der Waals surface area contributed by atoms with E-state index in [1.54, 1.807) is 31.2 Å².